The van der Waals surface area contributed by atoms with Crippen LogP contribution in [0.25, 0.3) is 33.7 Å². The van der Waals surface area contributed by atoms with E-state index in [1.54, 1.807) is 6.07 Å². The van der Waals surface area contributed by atoms with Gasteiger partial charge in [0.05, 0.1) is 0 Å². The van der Waals surface area contributed by atoms with E-state index in [1.165, 1.54) is 18.2 Å². The molecule has 25 heavy (non-hydrogen) atoms. The molecule has 0 aliphatic rings. The van der Waals surface area contributed by atoms with Gasteiger partial charge in [-0.15, -0.1) is 0 Å². The number of hydrogen-bond acceptors (Lipinski definition) is 4. The van der Waals surface area contributed by atoms with Crippen molar-refractivity contribution in [1.82, 2.24) is 15.1 Å². The summed E-state index contributed by atoms with van der Waals surface area (Å²) < 4.78 is 18.7. The third-order valence-electron chi connectivity index (χ3n) is 4.06. The summed E-state index contributed by atoms with van der Waals surface area (Å²) in [6.07, 6.45) is 0.897. The van der Waals surface area contributed by atoms with Gasteiger partial charge in [-0.2, -0.15) is 4.98 Å². The number of pyridine rings is 1. The van der Waals surface area contributed by atoms with Gasteiger partial charge in [0.15, 0.2) is 0 Å². The highest BCUT2D eigenvalue weighted by molar-refractivity contribution is 5.82. The first-order chi connectivity index (χ1) is 12.1. The molecular weight excluding hydrogens is 321 g/mol. The summed E-state index contributed by atoms with van der Waals surface area (Å²) in [5.74, 6) is 0.126. The van der Waals surface area contributed by atoms with Crippen LogP contribution in [-0.4, -0.2) is 15.1 Å². The Morgan fingerprint density at radius 3 is 2.88 bits per heavy atom. The van der Waals surface area contributed by atoms with Crippen molar-refractivity contribution >= 4 is 10.9 Å². The molecule has 4 aromatic rings. The number of H-pyrrole nitrogens is 1. The van der Waals surface area contributed by atoms with Crippen LogP contribution in [0.15, 0.2) is 57.8 Å². The molecule has 0 saturated heterocycles. The fourth-order valence-corrected chi connectivity index (χ4v) is 2.72. The number of rotatable bonds is 3. The fraction of sp³-hybridized carbons (Fsp3) is 0.105. The lowest BCUT2D eigenvalue weighted by Crippen LogP contribution is -2.08. The Bertz CT molecular complexity index is 1130. The zero-order chi connectivity index (χ0) is 17.4. The monoisotopic (exact) mass is 335 g/mol. The van der Waals surface area contributed by atoms with Crippen LogP contribution in [-0.2, 0) is 6.42 Å². The number of benzene rings is 2. The molecule has 4 rings (SSSR count). The van der Waals surface area contributed by atoms with Crippen molar-refractivity contribution in [2.75, 3.05) is 0 Å². The Balaban J connectivity index is 1.80. The van der Waals surface area contributed by atoms with Gasteiger partial charge in [0, 0.05) is 16.5 Å². The van der Waals surface area contributed by atoms with Crippen molar-refractivity contribution in [1.29, 1.82) is 0 Å². The third-order valence-corrected chi connectivity index (χ3v) is 4.06. The largest absolute Gasteiger partial charge is 0.333 e. The number of fused-ring (bicyclic) bond motifs is 1. The smallest absolute Gasteiger partial charge is 0.263 e. The molecule has 0 amide bonds. The summed E-state index contributed by atoms with van der Waals surface area (Å²) >= 11 is 0. The molecule has 0 saturated carbocycles. The third kappa shape index (κ3) is 2.82. The van der Waals surface area contributed by atoms with E-state index in [0.717, 1.165) is 17.5 Å². The van der Waals surface area contributed by atoms with Gasteiger partial charge in [0.25, 0.3) is 11.4 Å². The normalized spacial score (nSPS) is 11.1. The summed E-state index contributed by atoms with van der Waals surface area (Å²) in [4.78, 5) is 19.3. The van der Waals surface area contributed by atoms with E-state index in [-0.39, 0.29) is 22.8 Å². The SMILES string of the molecule is CCc1cccc(-c2noc(-c3cc4cc(F)ccc4[nH]c3=O)n2)c1. The molecule has 0 spiro atoms. The predicted octanol–water partition coefficient (Wildman–Crippen LogP) is 3.95. The topological polar surface area (TPSA) is 71.8 Å². The lowest BCUT2D eigenvalue weighted by molar-refractivity contribution is 0.432. The van der Waals surface area contributed by atoms with Gasteiger partial charge in [-0.25, -0.2) is 4.39 Å². The average molecular weight is 335 g/mol. The maximum atomic E-state index is 13.4. The summed E-state index contributed by atoms with van der Waals surface area (Å²) in [5.41, 5.74) is 2.37. The van der Waals surface area contributed by atoms with Crippen LogP contribution in [0.4, 0.5) is 4.39 Å². The fourth-order valence-electron chi connectivity index (χ4n) is 2.72. The minimum Gasteiger partial charge on any atom is -0.333 e. The summed E-state index contributed by atoms with van der Waals surface area (Å²) in [6, 6.07) is 13.5. The molecule has 0 unspecified atom stereocenters. The Morgan fingerprint density at radius 1 is 1.16 bits per heavy atom. The average Bonchev–Trinajstić information content (AvgIpc) is 3.11. The highest BCUT2D eigenvalue weighted by Crippen LogP contribution is 2.23. The van der Waals surface area contributed by atoms with Crippen LogP contribution in [0.1, 0.15) is 12.5 Å². The van der Waals surface area contributed by atoms with Gasteiger partial charge in [-0.05, 0) is 42.3 Å². The molecule has 2 aromatic heterocycles. The van der Waals surface area contributed by atoms with Crippen LogP contribution in [0, 0.1) is 5.82 Å². The van der Waals surface area contributed by atoms with E-state index in [9.17, 15) is 9.18 Å². The highest BCUT2D eigenvalue weighted by Gasteiger charge is 2.15. The van der Waals surface area contributed by atoms with Crippen LogP contribution in [0.5, 0.6) is 0 Å². The number of hydrogen-bond donors (Lipinski definition) is 1. The van der Waals surface area contributed by atoms with Gasteiger partial charge in [0.1, 0.15) is 11.4 Å². The molecular formula is C19H14FN3O2. The molecule has 0 radical (unpaired) electrons. The number of aryl methyl sites for hydroxylation is 1. The van der Waals surface area contributed by atoms with Crippen LogP contribution >= 0.6 is 0 Å². The number of nitrogens with zero attached hydrogens (tertiary/aromatic N) is 2. The summed E-state index contributed by atoms with van der Waals surface area (Å²) in [7, 11) is 0. The molecule has 1 N–H and O–H groups in total. The van der Waals surface area contributed by atoms with E-state index >= 15 is 0 Å². The van der Waals surface area contributed by atoms with E-state index in [4.69, 9.17) is 4.52 Å². The second-order valence-electron chi connectivity index (χ2n) is 5.72. The molecule has 0 aliphatic carbocycles. The van der Waals surface area contributed by atoms with Crippen molar-refractivity contribution in [3.8, 4) is 22.8 Å². The lowest BCUT2D eigenvalue weighted by atomic mass is 10.1. The minimum atomic E-state index is -0.381. The Kier molecular flexibility index (Phi) is 3.65. The van der Waals surface area contributed by atoms with E-state index < -0.39 is 0 Å². The number of aromatic nitrogens is 3. The van der Waals surface area contributed by atoms with Gasteiger partial charge in [-0.1, -0.05) is 30.3 Å². The Morgan fingerprint density at radius 2 is 2.04 bits per heavy atom. The standard InChI is InChI=1S/C19H14FN3O2/c1-2-11-4-3-5-12(8-11)17-22-19(25-23-17)15-10-13-9-14(20)6-7-16(13)21-18(15)24/h3-10H,2H2,1H3,(H,21,24). The molecule has 124 valence electrons. The molecule has 0 atom stereocenters. The first-order valence-electron chi connectivity index (χ1n) is 7.90. The molecule has 2 aromatic carbocycles. The number of aromatic amines is 1. The van der Waals surface area contributed by atoms with Gasteiger partial charge in [-0.3, -0.25) is 4.79 Å². The van der Waals surface area contributed by atoms with Crippen molar-refractivity contribution in [2.45, 2.75) is 13.3 Å². The van der Waals surface area contributed by atoms with Crippen LogP contribution in [0.3, 0.4) is 0 Å². The first-order valence-corrected chi connectivity index (χ1v) is 7.90. The Hall–Kier alpha value is -3.28. The van der Waals surface area contributed by atoms with Crippen molar-refractivity contribution in [2.24, 2.45) is 0 Å². The van der Waals surface area contributed by atoms with E-state index in [2.05, 4.69) is 22.0 Å². The predicted molar refractivity (Wildman–Crippen MR) is 92.6 cm³/mol. The van der Waals surface area contributed by atoms with Crippen molar-refractivity contribution in [3.05, 3.63) is 70.3 Å². The van der Waals surface area contributed by atoms with Gasteiger partial charge < -0.3 is 9.51 Å². The molecule has 6 heteroatoms. The van der Waals surface area contributed by atoms with Crippen LogP contribution in [0.2, 0.25) is 0 Å². The maximum absolute atomic E-state index is 13.4. The molecule has 5 nitrogen and oxygen atoms in total. The second kappa shape index (κ2) is 5.98. The van der Waals surface area contributed by atoms with E-state index in [1.807, 2.05) is 24.3 Å². The zero-order valence-corrected chi connectivity index (χ0v) is 13.4. The van der Waals surface area contributed by atoms with Crippen molar-refractivity contribution in [3.63, 3.8) is 0 Å². The molecule has 0 fully saturated rings. The first kappa shape index (κ1) is 15.3. The summed E-state index contributed by atoms with van der Waals surface area (Å²) in [5, 5.41) is 4.52. The second-order valence-corrected chi connectivity index (χ2v) is 5.72. The zero-order valence-electron chi connectivity index (χ0n) is 13.4. The lowest BCUT2D eigenvalue weighted by Gasteiger charge is -2.00. The summed E-state index contributed by atoms with van der Waals surface area (Å²) in [6.45, 7) is 2.06. The Labute approximate surface area is 142 Å². The van der Waals surface area contributed by atoms with Gasteiger partial charge >= 0.3 is 0 Å². The van der Waals surface area contributed by atoms with Crippen molar-refractivity contribution < 1.29 is 8.91 Å². The molecule has 0 aliphatic heterocycles. The highest BCUT2D eigenvalue weighted by atomic mass is 19.1. The number of halogens is 1. The van der Waals surface area contributed by atoms with Gasteiger partial charge in [0.2, 0.25) is 5.82 Å². The quantitative estimate of drug-likeness (QED) is 0.615. The number of nitrogens with one attached hydrogen (secondary N) is 1. The van der Waals surface area contributed by atoms with Crippen LogP contribution < -0.4 is 5.56 Å². The van der Waals surface area contributed by atoms with E-state index in [0.29, 0.717) is 16.7 Å². The minimum absolute atomic E-state index is 0.101. The maximum Gasteiger partial charge on any atom is 0.263 e. The molecule has 2 heterocycles. The molecule has 0 bridgehead atoms.